The number of hydrogen-bond acceptors (Lipinski definition) is 3. The topological polar surface area (TPSA) is 48.9 Å². The summed E-state index contributed by atoms with van der Waals surface area (Å²) in [6, 6.07) is 9.36. The van der Waals surface area contributed by atoms with Gasteiger partial charge in [0.2, 0.25) is 0 Å². The average molecular weight is 350 g/mol. The molecule has 0 aliphatic carbocycles. The predicted octanol–water partition coefficient (Wildman–Crippen LogP) is 4.32. The first-order valence-electron chi connectivity index (χ1n) is 7.10. The zero-order valence-corrected chi connectivity index (χ0v) is 13.2. The Morgan fingerprint density at radius 3 is 2.38 bits per heavy atom. The van der Waals surface area contributed by atoms with Crippen LogP contribution < -0.4 is 0 Å². The highest BCUT2D eigenvalue weighted by Crippen LogP contribution is 2.28. The first-order valence-corrected chi connectivity index (χ1v) is 8.09. The molecule has 0 bridgehead atoms. The summed E-state index contributed by atoms with van der Waals surface area (Å²) in [6.07, 6.45) is 0.279. The van der Waals surface area contributed by atoms with Crippen LogP contribution in [0.15, 0.2) is 53.8 Å². The molecule has 0 saturated carbocycles. The van der Waals surface area contributed by atoms with Crippen molar-refractivity contribution in [2.75, 3.05) is 5.75 Å². The molecule has 3 aromatic rings. The van der Waals surface area contributed by atoms with Gasteiger partial charge in [0.15, 0.2) is 5.16 Å². The summed E-state index contributed by atoms with van der Waals surface area (Å²) < 4.78 is 40.2. The number of hydrogen-bond donors (Lipinski definition) is 2. The summed E-state index contributed by atoms with van der Waals surface area (Å²) in [5.41, 5.74) is 1.09. The largest absolute Gasteiger partial charge is 0.387 e. The minimum Gasteiger partial charge on any atom is -0.387 e. The quantitative estimate of drug-likeness (QED) is 0.674. The van der Waals surface area contributed by atoms with Crippen LogP contribution in [0.25, 0.3) is 11.3 Å². The second-order valence-corrected chi connectivity index (χ2v) is 6.08. The maximum atomic E-state index is 13.6. The van der Waals surface area contributed by atoms with Crippen molar-refractivity contribution >= 4 is 11.8 Å². The van der Waals surface area contributed by atoms with Crippen molar-refractivity contribution in [1.82, 2.24) is 9.97 Å². The highest BCUT2D eigenvalue weighted by atomic mass is 32.2. The van der Waals surface area contributed by atoms with E-state index >= 15 is 0 Å². The fourth-order valence-electron chi connectivity index (χ4n) is 2.22. The number of nitrogens with zero attached hydrogens (tertiary/aromatic N) is 1. The molecule has 24 heavy (non-hydrogen) atoms. The zero-order valence-electron chi connectivity index (χ0n) is 12.3. The van der Waals surface area contributed by atoms with Gasteiger partial charge in [-0.15, -0.1) is 0 Å². The molecule has 3 rings (SSSR count). The predicted molar refractivity (Wildman–Crippen MR) is 86.0 cm³/mol. The SMILES string of the molecule is OC(CSc1ncc(-c2ccc(F)cc2)[nH]1)c1c(F)cccc1F. The molecule has 0 radical (unpaired) electrons. The van der Waals surface area contributed by atoms with Crippen molar-refractivity contribution in [3.8, 4) is 11.3 Å². The van der Waals surface area contributed by atoms with E-state index in [-0.39, 0.29) is 17.1 Å². The third-order valence-electron chi connectivity index (χ3n) is 3.42. The van der Waals surface area contributed by atoms with Crippen LogP contribution in [0.4, 0.5) is 13.2 Å². The number of aliphatic hydroxyl groups excluding tert-OH is 1. The van der Waals surface area contributed by atoms with Gasteiger partial charge in [-0.3, -0.25) is 0 Å². The zero-order chi connectivity index (χ0) is 17.1. The fraction of sp³-hybridized carbons (Fsp3) is 0.118. The van der Waals surface area contributed by atoms with E-state index in [1.807, 2.05) is 0 Å². The third-order valence-corrected chi connectivity index (χ3v) is 4.38. The van der Waals surface area contributed by atoms with Gasteiger partial charge in [0.05, 0.1) is 23.6 Å². The number of halogens is 3. The van der Waals surface area contributed by atoms with Crippen LogP contribution in [0.2, 0.25) is 0 Å². The van der Waals surface area contributed by atoms with Gasteiger partial charge in [0.1, 0.15) is 17.5 Å². The van der Waals surface area contributed by atoms with Gasteiger partial charge < -0.3 is 10.1 Å². The van der Waals surface area contributed by atoms with Crippen LogP contribution in [-0.4, -0.2) is 20.8 Å². The van der Waals surface area contributed by atoms with E-state index in [4.69, 9.17) is 0 Å². The number of H-pyrrole nitrogens is 1. The molecule has 0 spiro atoms. The molecule has 1 atom stereocenters. The monoisotopic (exact) mass is 350 g/mol. The smallest absolute Gasteiger partial charge is 0.165 e. The molecule has 124 valence electrons. The number of benzene rings is 2. The van der Waals surface area contributed by atoms with Crippen molar-refractivity contribution in [1.29, 1.82) is 0 Å². The van der Waals surface area contributed by atoms with Crippen LogP contribution in [0.5, 0.6) is 0 Å². The highest BCUT2D eigenvalue weighted by Gasteiger charge is 2.18. The lowest BCUT2D eigenvalue weighted by atomic mass is 10.1. The van der Waals surface area contributed by atoms with Crippen molar-refractivity contribution in [2.24, 2.45) is 0 Å². The number of imidazole rings is 1. The van der Waals surface area contributed by atoms with Gasteiger partial charge in [0.25, 0.3) is 0 Å². The van der Waals surface area contributed by atoms with Gasteiger partial charge in [-0.1, -0.05) is 17.8 Å². The van der Waals surface area contributed by atoms with E-state index in [1.54, 1.807) is 18.3 Å². The number of nitrogens with one attached hydrogen (secondary N) is 1. The first-order chi connectivity index (χ1) is 11.5. The van der Waals surface area contributed by atoms with Gasteiger partial charge in [-0.25, -0.2) is 18.2 Å². The van der Waals surface area contributed by atoms with E-state index < -0.39 is 17.7 Å². The average Bonchev–Trinajstić information content (AvgIpc) is 3.02. The standard InChI is InChI=1S/C17H13F3N2OS/c18-11-6-4-10(5-7-11)14-8-21-17(22-14)24-9-15(23)16-12(19)2-1-3-13(16)20/h1-8,15,23H,9H2,(H,21,22). The van der Waals surface area contributed by atoms with E-state index in [9.17, 15) is 18.3 Å². The van der Waals surface area contributed by atoms with Crippen LogP contribution >= 0.6 is 11.8 Å². The van der Waals surface area contributed by atoms with E-state index in [0.29, 0.717) is 10.9 Å². The molecule has 1 aromatic heterocycles. The second kappa shape index (κ2) is 7.11. The van der Waals surface area contributed by atoms with Gasteiger partial charge >= 0.3 is 0 Å². The maximum absolute atomic E-state index is 13.6. The lowest BCUT2D eigenvalue weighted by molar-refractivity contribution is 0.193. The maximum Gasteiger partial charge on any atom is 0.165 e. The molecule has 0 aliphatic rings. The second-order valence-electron chi connectivity index (χ2n) is 5.07. The molecule has 0 fully saturated rings. The third kappa shape index (κ3) is 3.63. The van der Waals surface area contributed by atoms with Gasteiger partial charge in [-0.05, 0) is 42.0 Å². The number of aromatic nitrogens is 2. The Balaban J connectivity index is 1.68. The Hall–Kier alpha value is -2.25. The molecular weight excluding hydrogens is 337 g/mol. The van der Waals surface area contributed by atoms with Crippen LogP contribution in [0, 0.1) is 17.5 Å². The van der Waals surface area contributed by atoms with E-state index in [2.05, 4.69) is 9.97 Å². The summed E-state index contributed by atoms with van der Waals surface area (Å²) in [4.78, 5) is 7.16. The molecule has 2 aromatic carbocycles. The number of aliphatic hydroxyl groups is 1. The molecule has 0 amide bonds. The molecule has 1 unspecified atom stereocenters. The van der Waals surface area contributed by atoms with Crippen LogP contribution in [-0.2, 0) is 0 Å². The van der Waals surface area contributed by atoms with Crippen LogP contribution in [0.1, 0.15) is 11.7 Å². The minimum atomic E-state index is -1.30. The molecule has 2 N–H and O–H groups in total. The van der Waals surface area contributed by atoms with E-state index in [1.165, 1.54) is 18.2 Å². The summed E-state index contributed by atoms with van der Waals surface area (Å²) in [5, 5.41) is 10.5. The normalized spacial score (nSPS) is 12.3. The Morgan fingerprint density at radius 1 is 1.04 bits per heavy atom. The van der Waals surface area contributed by atoms with Crippen molar-refractivity contribution < 1.29 is 18.3 Å². The number of thioether (sulfide) groups is 1. The lowest BCUT2D eigenvalue weighted by Crippen LogP contribution is -2.06. The Kier molecular flexibility index (Phi) is 4.92. The fourth-order valence-corrected chi connectivity index (χ4v) is 3.01. The molecule has 7 heteroatoms. The Labute approximate surface area is 140 Å². The van der Waals surface area contributed by atoms with Crippen molar-refractivity contribution in [2.45, 2.75) is 11.3 Å². The summed E-state index contributed by atoms with van der Waals surface area (Å²) in [5.74, 6) is -1.86. The minimum absolute atomic E-state index is 0.0359. The molecule has 0 saturated heterocycles. The van der Waals surface area contributed by atoms with Crippen LogP contribution in [0.3, 0.4) is 0 Å². The van der Waals surface area contributed by atoms with Crippen molar-refractivity contribution in [3.63, 3.8) is 0 Å². The van der Waals surface area contributed by atoms with E-state index in [0.717, 1.165) is 29.5 Å². The summed E-state index contributed by atoms with van der Waals surface area (Å²) in [7, 11) is 0. The summed E-state index contributed by atoms with van der Waals surface area (Å²) in [6.45, 7) is 0. The van der Waals surface area contributed by atoms with Gasteiger partial charge in [-0.2, -0.15) is 0 Å². The van der Waals surface area contributed by atoms with Gasteiger partial charge in [0, 0.05) is 5.75 Å². The molecule has 1 heterocycles. The molecular formula is C17H13F3N2OS. The highest BCUT2D eigenvalue weighted by molar-refractivity contribution is 7.99. The van der Waals surface area contributed by atoms with Crippen molar-refractivity contribution in [3.05, 3.63) is 71.7 Å². The lowest BCUT2D eigenvalue weighted by Gasteiger charge is -2.11. The molecule has 3 nitrogen and oxygen atoms in total. The Morgan fingerprint density at radius 2 is 1.71 bits per heavy atom. The summed E-state index contributed by atoms with van der Waals surface area (Å²) >= 11 is 1.14. The Bertz CT molecular complexity index is 816. The molecule has 0 aliphatic heterocycles. The number of rotatable bonds is 5. The first kappa shape index (κ1) is 16.6. The number of aromatic amines is 1.